The van der Waals surface area contributed by atoms with Gasteiger partial charge in [-0.1, -0.05) is 109 Å². The monoisotopic (exact) mass is 503 g/mol. The first-order valence-corrected chi connectivity index (χ1v) is 13.7. The highest BCUT2D eigenvalue weighted by Crippen LogP contribution is 2.40. The largest absolute Gasteiger partial charge is 0.355 e. The highest BCUT2D eigenvalue weighted by atomic mass is 32.1. The molecule has 1 nitrogen and oxygen atoms in total. The first-order chi connectivity index (χ1) is 18.8. The van der Waals surface area contributed by atoms with Crippen LogP contribution in [-0.2, 0) is 0 Å². The molecule has 180 valence electrons. The lowest BCUT2D eigenvalue weighted by Gasteiger charge is -2.13. The molecule has 2 heteroatoms. The fourth-order valence-electron chi connectivity index (χ4n) is 5.17. The Hall–Kier alpha value is -4.66. The highest BCUT2D eigenvalue weighted by molar-refractivity contribution is 7.26. The predicted molar refractivity (Wildman–Crippen MR) is 165 cm³/mol. The van der Waals surface area contributed by atoms with Gasteiger partial charge in [0.2, 0.25) is 0 Å². The Bertz CT molecular complexity index is 1810. The summed E-state index contributed by atoms with van der Waals surface area (Å²) in [6.07, 6.45) is 0. The second kappa shape index (κ2) is 9.66. The van der Waals surface area contributed by atoms with Crippen LogP contribution in [0.25, 0.3) is 53.6 Å². The molecule has 0 saturated heterocycles. The molecule has 1 N–H and O–H groups in total. The minimum absolute atomic E-state index is 1.07. The number of thiophene rings is 1. The maximum Gasteiger partial charge on any atom is 0.0433 e. The van der Waals surface area contributed by atoms with Crippen molar-refractivity contribution in [2.24, 2.45) is 0 Å². The summed E-state index contributed by atoms with van der Waals surface area (Å²) in [4.78, 5) is 0. The van der Waals surface area contributed by atoms with E-state index in [0.717, 1.165) is 11.4 Å². The van der Waals surface area contributed by atoms with E-state index in [1.165, 1.54) is 53.6 Å². The molecule has 7 aromatic rings. The normalized spacial score (nSPS) is 11.2. The van der Waals surface area contributed by atoms with Crippen LogP contribution in [0.2, 0.25) is 0 Å². The van der Waals surface area contributed by atoms with E-state index >= 15 is 0 Å². The number of hydrogen-bond donors (Lipinski definition) is 1. The van der Waals surface area contributed by atoms with E-state index in [4.69, 9.17) is 0 Å². The van der Waals surface area contributed by atoms with Gasteiger partial charge in [-0.2, -0.15) is 0 Å². The Morgan fingerprint density at radius 2 is 1.00 bits per heavy atom. The zero-order valence-corrected chi connectivity index (χ0v) is 21.6. The average Bonchev–Trinajstić information content (AvgIpc) is 3.37. The average molecular weight is 504 g/mol. The number of nitrogens with one attached hydrogen (secondary N) is 1. The Balaban J connectivity index is 1.24. The summed E-state index contributed by atoms with van der Waals surface area (Å²) in [6.45, 7) is 0. The molecule has 38 heavy (non-hydrogen) atoms. The maximum absolute atomic E-state index is 3.66. The van der Waals surface area contributed by atoms with E-state index < -0.39 is 0 Å². The topological polar surface area (TPSA) is 12.0 Å². The van der Waals surface area contributed by atoms with Gasteiger partial charge in [-0.3, -0.25) is 0 Å². The minimum Gasteiger partial charge on any atom is -0.355 e. The van der Waals surface area contributed by atoms with E-state index in [-0.39, 0.29) is 0 Å². The van der Waals surface area contributed by atoms with Crippen molar-refractivity contribution >= 4 is 42.9 Å². The predicted octanol–water partition coefficient (Wildman–Crippen LogP) is 10.8. The van der Waals surface area contributed by atoms with E-state index in [9.17, 15) is 0 Å². The van der Waals surface area contributed by atoms with Crippen LogP contribution >= 0.6 is 11.3 Å². The number of hydrogen-bond acceptors (Lipinski definition) is 2. The summed E-state index contributed by atoms with van der Waals surface area (Å²) in [5.41, 5.74) is 9.47. The molecule has 7 rings (SSSR count). The van der Waals surface area contributed by atoms with Crippen LogP contribution in [0.15, 0.2) is 146 Å². The molecule has 0 atom stereocenters. The number of rotatable bonds is 5. The lowest BCUT2D eigenvalue weighted by Crippen LogP contribution is -1.92. The van der Waals surface area contributed by atoms with Crippen molar-refractivity contribution in [3.63, 3.8) is 0 Å². The van der Waals surface area contributed by atoms with Crippen molar-refractivity contribution in [2.75, 3.05) is 5.32 Å². The zero-order valence-electron chi connectivity index (χ0n) is 20.8. The number of benzene rings is 6. The van der Waals surface area contributed by atoms with Crippen molar-refractivity contribution in [3.05, 3.63) is 146 Å². The molecular weight excluding hydrogens is 478 g/mol. The van der Waals surface area contributed by atoms with E-state index in [0.29, 0.717) is 0 Å². The fraction of sp³-hybridized carbons (Fsp3) is 0. The van der Waals surface area contributed by atoms with E-state index in [1.807, 2.05) is 11.3 Å². The van der Waals surface area contributed by atoms with Crippen LogP contribution in [0.1, 0.15) is 0 Å². The molecule has 1 heterocycles. The minimum atomic E-state index is 1.07. The molecule has 0 unspecified atom stereocenters. The van der Waals surface area contributed by atoms with E-state index in [1.54, 1.807) is 0 Å². The molecule has 0 bridgehead atoms. The lowest BCUT2D eigenvalue weighted by molar-refractivity contribution is 1.53. The molecule has 1 aromatic heterocycles. The smallest absolute Gasteiger partial charge is 0.0433 e. The van der Waals surface area contributed by atoms with Crippen molar-refractivity contribution in [3.8, 4) is 33.4 Å². The van der Waals surface area contributed by atoms with Crippen molar-refractivity contribution < 1.29 is 0 Å². The van der Waals surface area contributed by atoms with Crippen LogP contribution in [0.5, 0.6) is 0 Å². The number of anilines is 2. The first-order valence-electron chi connectivity index (χ1n) is 12.9. The van der Waals surface area contributed by atoms with Crippen LogP contribution in [0.3, 0.4) is 0 Å². The molecule has 0 aliphatic carbocycles. The fourth-order valence-corrected chi connectivity index (χ4v) is 6.41. The van der Waals surface area contributed by atoms with Crippen LogP contribution in [0, 0.1) is 0 Å². The Labute approximate surface area is 226 Å². The van der Waals surface area contributed by atoms with Gasteiger partial charge in [0.15, 0.2) is 0 Å². The Morgan fingerprint density at radius 3 is 1.68 bits per heavy atom. The van der Waals surface area contributed by atoms with Gasteiger partial charge in [-0.15, -0.1) is 11.3 Å². The Morgan fingerprint density at radius 1 is 0.395 bits per heavy atom. The molecule has 0 aliphatic heterocycles. The van der Waals surface area contributed by atoms with E-state index in [2.05, 4.69) is 151 Å². The number of fused-ring (bicyclic) bond motifs is 3. The third kappa shape index (κ3) is 4.26. The molecule has 6 aromatic carbocycles. The maximum atomic E-state index is 3.66. The van der Waals surface area contributed by atoms with Gasteiger partial charge in [0.1, 0.15) is 0 Å². The third-order valence-corrected chi connectivity index (χ3v) is 8.26. The van der Waals surface area contributed by atoms with Crippen LogP contribution in [-0.4, -0.2) is 0 Å². The zero-order chi connectivity index (χ0) is 25.3. The molecule has 0 spiro atoms. The summed E-state index contributed by atoms with van der Waals surface area (Å²) in [5, 5.41) is 6.33. The van der Waals surface area contributed by atoms with Crippen molar-refractivity contribution in [1.82, 2.24) is 0 Å². The molecule has 0 radical (unpaired) electrons. The van der Waals surface area contributed by atoms with Crippen LogP contribution < -0.4 is 5.32 Å². The van der Waals surface area contributed by atoms with Crippen molar-refractivity contribution in [1.29, 1.82) is 0 Å². The SMILES string of the molecule is c1ccc(-c2cc(Nc3ccc(-c4cccc5c4sc4ccccc45)cc3)cc(-c3ccccc3)c2)cc1. The standard InChI is InChI=1S/C36H25NS/c1-3-10-25(11-4-1)28-22-29(26-12-5-2-6-13-26)24-31(23-28)37-30-20-18-27(19-21-30)32-15-9-16-34-33-14-7-8-17-35(33)38-36(32)34/h1-24,37H. The van der Waals surface area contributed by atoms with Crippen molar-refractivity contribution in [2.45, 2.75) is 0 Å². The molecule has 0 aliphatic rings. The second-order valence-corrected chi connectivity index (χ2v) is 10.6. The lowest BCUT2D eigenvalue weighted by atomic mass is 9.98. The van der Waals surface area contributed by atoms with Gasteiger partial charge in [-0.05, 0) is 69.8 Å². The van der Waals surface area contributed by atoms with Gasteiger partial charge < -0.3 is 5.32 Å². The van der Waals surface area contributed by atoms with Gasteiger partial charge >= 0.3 is 0 Å². The van der Waals surface area contributed by atoms with Crippen LogP contribution in [0.4, 0.5) is 11.4 Å². The quantitative estimate of drug-likeness (QED) is 0.246. The summed E-state index contributed by atoms with van der Waals surface area (Å²) in [5.74, 6) is 0. The summed E-state index contributed by atoms with van der Waals surface area (Å²) in [6, 6.07) is 52.0. The van der Waals surface area contributed by atoms with Gasteiger partial charge in [0, 0.05) is 31.5 Å². The first kappa shape index (κ1) is 22.5. The molecule has 0 saturated carbocycles. The molecule has 0 amide bonds. The molecule has 0 fully saturated rings. The van der Waals surface area contributed by atoms with Gasteiger partial charge in [-0.25, -0.2) is 0 Å². The van der Waals surface area contributed by atoms with Gasteiger partial charge in [0.25, 0.3) is 0 Å². The summed E-state index contributed by atoms with van der Waals surface area (Å²) < 4.78 is 2.68. The summed E-state index contributed by atoms with van der Waals surface area (Å²) in [7, 11) is 0. The second-order valence-electron chi connectivity index (χ2n) is 9.51. The summed E-state index contributed by atoms with van der Waals surface area (Å²) >= 11 is 1.87. The molecular formula is C36H25NS. The Kier molecular flexibility index (Phi) is 5.73. The van der Waals surface area contributed by atoms with Gasteiger partial charge in [0.05, 0.1) is 0 Å². The highest BCUT2D eigenvalue weighted by Gasteiger charge is 2.11. The third-order valence-electron chi connectivity index (χ3n) is 7.04.